The van der Waals surface area contributed by atoms with Crippen LogP contribution in [0.1, 0.15) is 52.8 Å². The van der Waals surface area contributed by atoms with Gasteiger partial charge >= 0.3 is 0 Å². The fourth-order valence-electron chi connectivity index (χ4n) is 3.23. The summed E-state index contributed by atoms with van der Waals surface area (Å²) in [6.07, 6.45) is 4.03. The second kappa shape index (κ2) is 6.27. The van der Waals surface area contributed by atoms with E-state index < -0.39 is 0 Å². The summed E-state index contributed by atoms with van der Waals surface area (Å²) in [5, 5.41) is 0. The molecule has 1 fully saturated rings. The standard InChI is InChI=1S/C20H20O2/c21-18(16-8-3-1-4-9-16)14-20(12-7-13-20)15-19(22)17-10-5-2-6-11-17/h1-6,8-11H,7,12-15H2. The van der Waals surface area contributed by atoms with Crippen LogP contribution in [0.15, 0.2) is 60.7 Å². The Kier molecular flexibility index (Phi) is 4.19. The normalized spacial score (nSPS) is 15.8. The first-order chi connectivity index (χ1) is 10.7. The molecular weight excluding hydrogens is 272 g/mol. The highest BCUT2D eigenvalue weighted by Crippen LogP contribution is 2.48. The van der Waals surface area contributed by atoms with Gasteiger partial charge in [0.15, 0.2) is 11.6 Å². The zero-order chi connectivity index (χ0) is 15.4. The van der Waals surface area contributed by atoms with Gasteiger partial charge in [-0.1, -0.05) is 67.1 Å². The Labute approximate surface area is 131 Å². The average Bonchev–Trinajstić information content (AvgIpc) is 2.54. The van der Waals surface area contributed by atoms with E-state index >= 15 is 0 Å². The molecule has 0 aliphatic heterocycles. The summed E-state index contributed by atoms with van der Waals surface area (Å²) in [7, 11) is 0. The van der Waals surface area contributed by atoms with Crippen LogP contribution >= 0.6 is 0 Å². The quantitative estimate of drug-likeness (QED) is 0.723. The van der Waals surface area contributed by atoms with Crippen LogP contribution in [0.3, 0.4) is 0 Å². The first kappa shape index (κ1) is 14.7. The number of Topliss-reactive ketones (excluding diaryl/α,β-unsaturated/α-hetero) is 2. The Morgan fingerprint density at radius 2 is 1.14 bits per heavy atom. The van der Waals surface area contributed by atoms with Crippen LogP contribution in [0, 0.1) is 5.41 Å². The van der Waals surface area contributed by atoms with Crippen molar-refractivity contribution < 1.29 is 9.59 Å². The zero-order valence-electron chi connectivity index (χ0n) is 12.6. The molecule has 2 nitrogen and oxygen atoms in total. The highest BCUT2D eigenvalue weighted by molar-refractivity contribution is 5.99. The predicted molar refractivity (Wildman–Crippen MR) is 87.1 cm³/mol. The molecule has 0 spiro atoms. The first-order valence-electron chi connectivity index (χ1n) is 7.85. The second-order valence-electron chi connectivity index (χ2n) is 6.29. The van der Waals surface area contributed by atoms with E-state index in [-0.39, 0.29) is 17.0 Å². The van der Waals surface area contributed by atoms with Gasteiger partial charge in [-0.3, -0.25) is 9.59 Å². The van der Waals surface area contributed by atoms with Crippen LogP contribution in [0.25, 0.3) is 0 Å². The van der Waals surface area contributed by atoms with Crippen molar-refractivity contribution in [1.29, 1.82) is 0 Å². The van der Waals surface area contributed by atoms with Gasteiger partial charge in [-0.05, 0) is 18.3 Å². The molecule has 2 heteroatoms. The number of hydrogen-bond acceptors (Lipinski definition) is 2. The summed E-state index contributed by atoms with van der Waals surface area (Å²) in [4.78, 5) is 24.9. The lowest BCUT2D eigenvalue weighted by Gasteiger charge is -2.41. The molecule has 1 aliphatic carbocycles. The zero-order valence-corrected chi connectivity index (χ0v) is 12.6. The van der Waals surface area contributed by atoms with Crippen LogP contribution in [-0.2, 0) is 0 Å². The average molecular weight is 292 g/mol. The Morgan fingerprint density at radius 3 is 1.45 bits per heavy atom. The number of carbonyl (C=O) groups excluding carboxylic acids is 2. The van der Waals surface area contributed by atoms with Crippen molar-refractivity contribution in [3.05, 3.63) is 71.8 Å². The van der Waals surface area contributed by atoms with Crippen LogP contribution < -0.4 is 0 Å². The summed E-state index contributed by atoms with van der Waals surface area (Å²) in [5.41, 5.74) is 1.38. The fourth-order valence-corrected chi connectivity index (χ4v) is 3.23. The van der Waals surface area contributed by atoms with Crippen molar-refractivity contribution >= 4 is 11.6 Å². The molecule has 2 aromatic carbocycles. The third-order valence-corrected chi connectivity index (χ3v) is 4.68. The summed E-state index contributed by atoms with van der Waals surface area (Å²) in [5.74, 6) is 0.308. The van der Waals surface area contributed by atoms with E-state index in [2.05, 4.69) is 0 Å². The molecule has 22 heavy (non-hydrogen) atoms. The lowest BCUT2D eigenvalue weighted by molar-refractivity contribution is 0.0641. The van der Waals surface area contributed by atoms with Gasteiger partial charge in [0, 0.05) is 24.0 Å². The maximum Gasteiger partial charge on any atom is 0.163 e. The minimum Gasteiger partial charge on any atom is -0.294 e. The predicted octanol–water partition coefficient (Wildman–Crippen LogP) is 4.70. The van der Waals surface area contributed by atoms with Crippen molar-refractivity contribution in [3.8, 4) is 0 Å². The van der Waals surface area contributed by atoms with E-state index in [0.717, 1.165) is 30.4 Å². The number of benzene rings is 2. The van der Waals surface area contributed by atoms with Gasteiger partial charge in [0.25, 0.3) is 0 Å². The van der Waals surface area contributed by atoms with E-state index in [1.165, 1.54) is 0 Å². The largest absolute Gasteiger partial charge is 0.294 e. The smallest absolute Gasteiger partial charge is 0.163 e. The summed E-state index contributed by atoms with van der Waals surface area (Å²) >= 11 is 0. The summed E-state index contributed by atoms with van der Waals surface area (Å²) in [6, 6.07) is 18.8. The van der Waals surface area contributed by atoms with Gasteiger partial charge < -0.3 is 0 Å². The molecule has 0 unspecified atom stereocenters. The molecule has 0 bridgehead atoms. The van der Waals surface area contributed by atoms with E-state index in [0.29, 0.717) is 12.8 Å². The number of rotatable bonds is 6. The van der Waals surface area contributed by atoms with Gasteiger partial charge in [-0.2, -0.15) is 0 Å². The Morgan fingerprint density at radius 1 is 0.727 bits per heavy atom. The fraction of sp³-hybridized carbons (Fsp3) is 0.300. The van der Waals surface area contributed by atoms with Gasteiger partial charge in [0.1, 0.15) is 0 Å². The van der Waals surface area contributed by atoms with Crippen LogP contribution in [0.5, 0.6) is 0 Å². The minimum atomic E-state index is -0.125. The SMILES string of the molecule is O=C(CC1(CC(=O)c2ccccc2)CCC1)c1ccccc1. The molecule has 0 amide bonds. The van der Waals surface area contributed by atoms with E-state index in [1.807, 2.05) is 60.7 Å². The van der Waals surface area contributed by atoms with E-state index in [9.17, 15) is 9.59 Å². The Hall–Kier alpha value is -2.22. The van der Waals surface area contributed by atoms with Gasteiger partial charge in [0.05, 0.1) is 0 Å². The van der Waals surface area contributed by atoms with Crippen LogP contribution in [-0.4, -0.2) is 11.6 Å². The van der Waals surface area contributed by atoms with Crippen molar-refractivity contribution in [3.63, 3.8) is 0 Å². The molecule has 112 valence electrons. The van der Waals surface area contributed by atoms with Crippen LogP contribution in [0.2, 0.25) is 0 Å². The van der Waals surface area contributed by atoms with Crippen molar-refractivity contribution in [2.45, 2.75) is 32.1 Å². The van der Waals surface area contributed by atoms with Gasteiger partial charge in [-0.25, -0.2) is 0 Å². The Balaban J connectivity index is 1.70. The molecule has 0 atom stereocenters. The maximum atomic E-state index is 12.5. The Bertz CT molecular complexity index is 599. The third-order valence-electron chi connectivity index (χ3n) is 4.68. The minimum absolute atomic E-state index is 0.125. The first-order valence-corrected chi connectivity index (χ1v) is 7.85. The molecule has 1 aliphatic rings. The highest BCUT2D eigenvalue weighted by Gasteiger charge is 2.40. The number of hydrogen-bond donors (Lipinski definition) is 0. The summed E-state index contributed by atoms with van der Waals surface area (Å²) < 4.78 is 0. The molecule has 0 heterocycles. The lowest BCUT2D eigenvalue weighted by Crippen LogP contribution is -2.34. The number of ketones is 2. The lowest BCUT2D eigenvalue weighted by atomic mass is 9.62. The molecular formula is C20H20O2. The second-order valence-corrected chi connectivity index (χ2v) is 6.29. The maximum absolute atomic E-state index is 12.5. The van der Waals surface area contributed by atoms with Gasteiger partial charge in [0.2, 0.25) is 0 Å². The third kappa shape index (κ3) is 3.16. The van der Waals surface area contributed by atoms with Gasteiger partial charge in [-0.15, -0.1) is 0 Å². The molecule has 2 aromatic rings. The molecule has 1 saturated carbocycles. The molecule has 0 aromatic heterocycles. The van der Waals surface area contributed by atoms with Crippen molar-refractivity contribution in [1.82, 2.24) is 0 Å². The van der Waals surface area contributed by atoms with E-state index in [4.69, 9.17) is 0 Å². The van der Waals surface area contributed by atoms with Crippen molar-refractivity contribution in [2.24, 2.45) is 5.41 Å². The molecule has 3 rings (SSSR count). The monoisotopic (exact) mass is 292 g/mol. The highest BCUT2D eigenvalue weighted by atomic mass is 16.1. The van der Waals surface area contributed by atoms with Crippen molar-refractivity contribution in [2.75, 3.05) is 0 Å². The molecule has 0 N–H and O–H groups in total. The molecule has 0 saturated heterocycles. The number of carbonyl (C=O) groups is 2. The van der Waals surface area contributed by atoms with Crippen LogP contribution in [0.4, 0.5) is 0 Å². The summed E-state index contributed by atoms with van der Waals surface area (Å²) in [6.45, 7) is 0. The topological polar surface area (TPSA) is 34.1 Å². The molecule has 0 radical (unpaired) electrons. The van der Waals surface area contributed by atoms with E-state index in [1.54, 1.807) is 0 Å².